The van der Waals surface area contributed by atoms with E-state index >= 15 is 0 Å². The molecule has 1 aliphatic heterocycles. The summed E-state index contributed by atoms with van der Waals surface area (Å²) in [6.45, 7) is 0. The van der Waals surface area contributed by atoms with Gasteiger partial charge in [0.2, 0.25) is 17.4 Å². The third kappa shape index (κ3) is 2.70. The van der Waals surface area contributed by atoms with Gasteiger partial charge < -0.3 is 9.88 Å². The van der Waals surface area contributed by atoms with Gasteiger partial charge in [-0.2, -0.15) is 0 Å². The first-order valence-corrected chi connectivity index (χ1v) is 5.78. The molecule has 0 aromatic carbocycles. The van der Waals surface area contributed by atoms with E-state index in [-0.39, 0.29) is 29.4 Å². The largest absolute Gasteiger partial charge is 0.330 e. The lowest BCUT2D eigenvalue weighted by Gasteiger charge is -2.29. The first-order chi connectivity index (χ1) is 8.99. The molecule has 0 bridgehead atoms. The zero-order chi connectivity index (χ0) is 14.0. The monoisotopic (exact) mass is 263 g/mol. The van der Waals surface area contributed by atoms with Crippen molar-refractivity contribution in [3.05, 3.63) is 34.2 Å². The van der Waals surface area contributed by atoms with Crippen molar-refractivity contribution in [2.45, 2.75) is 18.9 Å². The predicted octanol–water partition coefficient (Wildman–Crippen LogP) is -0.748. The third-order valence-corrected chi connectivity index (χ3v) is 3.03. The van der Waals surface area contributed by atoms with Gasteiger partial charge in [-0.25, -0.2) is 0 Å². The quantitative estimate of drug-likeness (QED) is 0.686. The number of nitrogens with one attached hydrogen (secondary N) is 2. The van der Waals surface area contributed by atoms with Crippen molar-refractivity contribution in [3.63, 3.8) is 0 Å². The highest BCUT2D eigenvalue weighted by atomic mass is 16.2. The van der Waals surface area contributed by atoms with Gasteiger partial charge in [0.1, 0.15) is 6.04 Å². The van der Waals surface area contributed by atoms with Gasteiger partial charge in [0, 0.05) is 25.7 Å². The molecule has 0 saturated carbocycles. The van der Waals surface area contributed by atoms with Crippen molar-refractivity contribution in [2.75, 3.05) is 7.05 Å². The lowest BCUT2D eigenvalue weighted by atomic mass is 10.0. The second kappa shape index (κ2) is 5.05. The van der Waals surface area contributed by atoms with Crippen molar-refractivity contribution < 1.29 is 14.4 Å². The van der Waals surface area contributed by atoms with Crippen molar-refractivity contribution in [2.24, 2.45) is 0 Å². The fourth-order valence-electron chi connectivity index (χ4n) is 1.94. The highest BCUT2D eigenvalue weighted by Crippen LogP contribution is 2.13. The Morgan fingerprint density at radius 1 is 1.32 bits per heavy atom. The van der Waals surface area contributed by atoms with Gasteiger partial charge in [0.15, 0.2) is 0 Å². The number of aromatic nitrogens is 1. The van der Waals surface area contributed by atoms with Crippen LogP contribution in [0.1, 0.15) is 23.2 Å². The van der Waals surface area contributed by atoms with Crippen molar-refractivity contribution >= 4 is 17.7 Å². The van der Waals surface area contributed by atoms with Gasteiger partial charge in [-0.05, 0) is 12.5 Å². The van der Waals surface area contributed by atoms with Gasteiger partial charge >= 0.3 is 0 Å². The van der Waals surface area contributed by atoms with Crippen LogP contribution in [-0.4, -0.2) is 40.7 Å². The van der Waals surface area contributed by atoms with Crippen LogP contribution >= 0.6 is 0 Å². The molecule has 1 fully saturated rings. The van der Waals surface area contributed by atoms with E-state index < -0.39 is 11.9 Å². The van der Waals surface area contributed by atoms with Gasteiger partial charge in [0.05, 0.1) is 5.56 Å². The fraction of sp³-hybridized carbons (Fsp3) is 0.333. The second-order valence-electron chi connectivity index (χ2n) is 4.32. The number of rotatable bonds is 2. The zero-order valence-electron chi connectivity index (χ0n) is 10.3. The molecule has 2 N–H and O–H groups in total. The van der Waals surface area contributed by atoms with E-state index in [2.05, 4.69) is 10.3 Å². The molecule has 1 aromatic heterocycles. The Morgan fingerprint density at radius 2 is 2.05 bits per heavy atom. The maximum absolute atomic E-state index is 12.1. The minimum atomic E-state index is -0.669. The standard InChI is InChI=1S/C12H13N3O4/c1-15(8-3-5-10(17)14-11(8)18)12(19)7-2-4-9(16)13-6-7/h2,4,6,8H,3,5H2,1H3,(H,13,16)(H,14,17,18). The number of hydrogen-bond donors (Lipinski definition) is 2. The Kier molecular flexibility index (Phi) is 3.46. The maximum atomic E-state index is 12.1. The molecule has 1 aromatic rings. The summed E-state index contributed by atoms with van der Waals surface area (Å²) in [5.41, 5.74) is -0.0213. The van der Waals surface area contributed by atoms with Crippen LogP contribution < -0.4 is 10.9 Å². The molecule has 0 radical (unpaired) electrons. The summed E-state index contributed by atoms with van der Waals surface area (Å²) in [5.74, 6) is -1.19. The molecule has 1 unspecified atom stereocenters. The van der Waals surface area contributed by atoms with Crippen LogP contribution in [0.15, 0.2) is 23.1 Å². The van der Waals surface area contributed by atoms with E-state index in [0.717, 1.165) is 0 Å². The number of carbonyl (C=O) groups is 3. The predicted molar refractivity (Wildman–Crippen MR) is 65.3 cm³/mol. The summed E-state index contributed by atoms with van der Waals surface area (Å²) in [6.07, 6.45) is 1.81. The number of H-pyrrole nitrogens is 1. The Balaban J connectivity index is 2.15. The number of nitrogens with zero attached hydrogens (tertiary/aromatic N) is 1. The van der Waals surface area contributed by atoms with Crippen LogP contribution in [0.3, 0.4) is 0 Å². The lowest BCUT2D eigenvalue weighted by molar-refractivity contribution is -0.136. The number of pyridine rings is 1. The molecule has 100 valence electrons. The van der Waals surface area contributed by atoms with Crippen LogP contribution in [0.25, 0.3) is 0 Å². The SMILES string of the molecule is CN(C(=O)c1ccc(=O)[nH]c1)C1CCC(=O)NC1=O. The normalized spacial score (nSPS) is 18.9. The van der Waals surface area contributed by atoms with Crippen LogP contribution in [0.4, 0.5) is 0 Å². The maximum Gasteiger partial charge on any atom is 0.255 e. The number of aromatic amines is 1. The number of piperidine rings is 1. The molecule has 19 heavy (non-hydrogen) atoms. The van der Waals surface area contributed by atoms with Gasteiger partial charge in [0.25, 0.3) is 5.91 Å². The molecule has 1 atom stereocenters. The van der Waals surface area contributed by atoms with Crippen LogP contribution in [0, 0.1) is 0 Å². The highest BCUT2D eigenvalue weighted by Gasteiger charge is 2.32. The summed E-state index contributed by atoms with van der Waals surface area (Å²) in [6, 6.07) is 1.96. The van der Waals surface area contributed by atoms with E-state index in [9.17, 15) is 19.2 Å². The van der Waals surface area contributed by atoms with Gasteiger partial charge in [-0.15, -0.1) is 0 Å². The van der Waals surface area contributed by atoms with Gasteiger partial charge in [-0.1, -0.05) is 0 Å². The third-order valence-electron chi connectivity index (χ3n) is 3.03. The molecule has 1 saturated heterocycles. The first kappa shape index (κ1) is 13.0. The van der Waals surface area contributed by atoms with E-state index in [1.807, 2.05) is 0 Å². The molecule has 7 nitrogen and oxygen atoms in total. The van der Waals surface area contributed by atoms with Crippen molar-refractivity contribution in [3.8, 4) is 0 Å². The minimum Gasteiger partial charge on any atom is -0.330 e. The molecule has 3 amide bonds. The average Bonchev–Trinajstić information content (AvgIpc) is 2.38. The van der Waals surface area contributed by atoms with Crippen molar-refractivity contribution in [1.82, 2.24) is 15.2 Å². The smallest absolute Gasteiger partial charge is 0.255 e. The summed E-state index contributed by atoms with van der Waals surface area (Å²) in [4.78, 5) is 49.4. The first-order valence-electron chi connectivity index (χ1n) is 5.78. The lowest BCUT2D eigenvalue weighted by Crippen LogP contribution is -2.52. The summed E-state index contributed by atoms with van der Waals surface area (Å²) >= 11 is 0. The minimum absolute atomic E-state index is 0.208. The molecule has 2 rings (SSSR count). The molecular weight excluding hydrogens is 250 g/mol. The number of hydrogen-bond acceptors (Lipinski definition) is 4. The molecule has 2 heterocycles. The summed E-state index contributed by atoms with van der Waals surface area (Å²) < 4.78 is 0. The molecule has 0 spiro atoms. The number of likely N-dealkylation sites (N-methyl/N-ethyl adjacent to an activating group) is 1. The van der Waals surface area contributed by atoms with E-state index in [1.165, 1.54) is 30.3 Å². The Morgan fingerprint density at radius 3 is 2.63 bits per heavy atom. The molecule has 1 aliphatic rings. The second-order valence-corrected chi connectivity index (χ2v) is 4.32. The Labute approximate surface area is 108 Å². The van der Waals surface area contributed by atoms with E-state index in [1.54, 1.807) is 0 Å². The fourth-order valence-corrected chi connectivity index (χ4v) is 1.94. The van der Waals surface area contributed by atoms with Crippen LogP contribution in [-0.2, 0) is 9.59 Å². The molecule has 7 heteroatoms. The molecular formula is C12H13N3O4. The molecule has 0 aliphatic carbocycles. The number of carbonyl (C=O) groups excluding carboxylic acids is 3. The van der Waals surface area contributed by atoms with E-state index in [0.29, 0.717) is 6.42 Å². The zero-order valence-corrected chi connectivity index (χ0v) is 10.3. The highest BCUT2D eigenvalue weighted by molar-refractivity contribution is 6.03. The number of amides is 3. The topological polar surface area (TPSA) is 99.3 Å². The summed E-state index contributed by atoms with van der Waals surface area (Å²) in [5, 5.41) is 2.20. The van der Waals surface area contributed by atoms with Crippen LogP contribution in [0.5, 0.6) is 0 Å². The van der Waals surface area contributed by atoms with Crippen molar-refractivity contribution in [1.29, 1.82) is 0 Å². The number of imide groups is 1. The summed E-state index contributed by atoms with van der Waals surface area (Å²) in [7, 11) is 1.49. The van der Waals surface area contributed by atoms with E-state index in [4.69, 9.17) is 0 Å². The Bertz CT molecular complexity index is 572. The van der Waals surface area contributed by atoms with Gasteiger partial charge in [-0.3, -0.25) is 24.5 Å². The average molecular weight is 263 g/mol. The van der Waals surface area contributed by atoms with Crippen LogP contribution in [0.2, 0.25) is 0 Å². The Hall–Kier alpha value is -2.44.